The van der Waals surface area contributed by atoms with E-state index >= 15 is 0 Å². The van der Waals surface area contributed by atoms with Crippen LogP contribution in [0.15, 0.2) is 9.90 Å². The fourth-order valence-electron chi connectivity index (χ4n) is 3.83. The largest absolute Gasteiger partial charge is 0.361 e. The number of carbonyl (C=O) groups excluding carboxylic acids is 1. The average Bonchev–Trinajstić information content (AvgIpc) is 3.27. The summed E-state index contributed by atoms with van der Waals surface area (Å²) in [5, 5.41) is 8.83. The minimum atomic E-state index is -3.00. The summed E-state index contributed by atoms with van der Waals surface area (Å²) < 4.78 is 28.4. The van der Waals surface area contributed by atoms with E-state index in [-0.39, 0.29) is 23.5 Å². The van der Waals surface area contributed by atoms with E-state index in [0.717, 1.165) is 48.6 Å². The van der Waals surface area contributed by atoms with Gasteiger partial charge in [0, 0.05) is 41.5 Å². The van der Waals surface area contributed by atoms with Gasteiger partial charge in [0.25, 0.3) is 5.91 Å². The topological polar surface area (TPSA) is 92.5 Å². The molecule has 4 heterocycles. The van der Waals surface area contributed by atoms with Crippen LogP contribution in [0.2, 0.25) is 0 Å². The van der Waals surface area contributed by atoms with Gasteiger partial charge in [-0.3, -0.25) is 9.69 Å². The van der Waals surface area contributed by atoms with Crippen LogP contribution in [0, 0.1) is 13.8 Å². The summed E-state index contributed by atoms with van der Waals surface area (Å²) in [5.74, 6) is 0.928. The van der Waals surface area contributed by atoms with Crippen molar-refractivity contribution in [2.24, 2.45) is 0 Å². The molecule has 0 radical (unpaired) electrons. The molecular formula is C18H23N3O4S2. The van der Waals surface area contributed by atoms with Gasteiger partial charge in [-0.2, -0.15) is 0 Å². The van der Waals surface area contributed by atoms with E-state index in [0.29, 0.717) is 12.0 Å². The number of fused-ring (bicyclic) bond motifs is 1. The van der Waals surface area contributed by atoms with Gasteiger partial charge in [-0.1, -0.05) is 5.16 Å². The van der Waals surface area contributed by atoms with Crippen LogP contribution in [-0.2, 0) is 29.3 Å². The highest BCUT2D eigenvalue weighted by Crippen LogP contribution is 2.30. The summed E-state index contributed by atoms with van der Waals surface area (Å²) in [5.41, 5.74) is 3.87. The number of nitrogens with zero attached hydrogens (tertiary/aromatic N) is 2. The molecule has 0 aliphatic carbocycles. The molecule has 1 fully saturated rings. The van der Waals surface area contributed by atoms with Crippen LogP contribution in [0.5, 0.6) is 0 Å². The van der Waals surface area contributed by atoms with Gasteiger partial charge in [-0.15, -0.1) is 11.3 Å². The molecular weight excluding hydrogens is 386 g/mol. The standard InChI is InChI=1S/C18H23N3O4S2/c1-11-15(12(2)25-20-11)7-21-5-3-14-16(9-26-17(14)8-21)18(22)19-13-4-6-27(23,24)10-13/h9,13H,3-8,10H2,1-2H3,(H,19,22)/t13-/m1/s1. The third-order valence-electron chi connectivity index (χ3n) is 5.40. The number of sulfone groups is 1. The van der Waals surface area contributed by atoms with Crippen LogP contribution in [0.1, 0.15) is 44.2 Å². The highest BCUT2D eigenvalue weighted by molar-refractivity contribution is 7.91. The summed E-state index contributed by atoms with van der Waals surface area (Å²) in [4.78, 5) is 16.2. The fraction of sp³-hybridized carbons (Fsp3) is 0.556. The predicted octanol–water partition coefficient (Wildman–Crippen LogP) is 1.83. The van der Waals surface area contributed by atoms with Crippen molar-refractivity contribution in [1.82, 2.24) is 15.4 Å². The fourth-order valence-corrected chi connectivity index (χ4v) is 6.62. The molecule has 146 valence electrons. The highest BCUT2D eigenvalue weighted by Gasteiger charge is 2.31. The first-order valence-corrected chi connectivity index (χ1v) is 11.8. The molecule has 2 aliphatic rings. The number of carbonyl (C=O) groups is 1. The molecule has 2 aliphatic heterocycles. The van der Waals surface area contributed by atoms with Crippen molar-refractivity contribution in [2.45, 2.75) is 45.8 Å². The van der Waals surface area contributed by atoms with Crippen molar-refractivity contribution < 1.29 is 17.7 Å². The number of aryl methyl sites for hydroxylation is 2. The molecule has 0 aromatic carbocycles. The Kier molecular flexibility index (Phi) is 4.85. The molecule has 1 amide bonds. The van der Waals surface area contributed by atoms with E-state index in [4.69, 9.17) is 4.52 Å². The maximum absolute atomic E-state index is 12.6. The Morgan fingerprint density at radius 3 is 2.93 bits per heavy atom. The number of rotatable bonds is 4. The lowest BCUT2D eigenvalue weighted by molar-refractivity contribution is 0.0940. The molecule has 27 heavy (non-hydrogen) atoms. The predicted molar refractivity (Wildman–Crippen MR) is 103 cm³/mol. The second-order valence-corrected chi connectivity index (χ2v) is 10.6. The maximum Gasteiger partial charge on any atom is 0.252 e. The minimum Gasteiger partial charge on any atom is -0.361 e. The van der Waals surface area contributed by atoms with E-state index in [2.05, 4.69) is 15.4 Å². The second-order valence-electron chi connectivity index (χ2n) is 7.39. The van der Waals surface area contributed by atoms with Crippen molar-refractivity contribution in [3.05, 3.63) is 38.4 Å². The molecule has 0 bridgehead atoms. The average molecular weight is 410 g/mol. The Balaban J connectivity index is 1.43. The van der Waals surface area contributed by atoms with E-state index in [1.54, 1.807) is 11.3 Å². The highest BCUT2D eigenvalue weighted by atomic mass is 32.2. The van der Waals surface area contributed by atoms with Gasteiger partial charge < -0.3 is 9.84 Å². The number of aromatic nitrogens is 1. The van der Waals surface area contributed by atoms with Crippen molar-refractivity contribution in [1.29, 1.82) is 0 Å². The lowest BCUT2D eigenvalue weighted by Crippen LogP contribution is -2.36. The van der Waals surface area contributed by atoms with Crippen molar-refractivity contribution in [2.75, 3.05) is 18.1 Å². The van der Waals surface area contributed by atoms with Crippen LogP contribution in [-0.4, -0.2) is 48.5 Å². The zero-order chi connectivity index (χ0) is 19.2. The Morgan fingerprint density at radius 2 is 2.26 bits per heavy atom. The molecule has 0 unspecified atom stereocenters. The Morgan fingerprint density at radius 1 is 1.44 bits per heavy atom. The van der Waals surface area contributed by atoms with Crippen LogP contribution < -0.4 is 5.32 Å². The molecule has 2 aromatic heterocycles. The van der Waals surface area contributed by atoms with Crippen molar-refractivity contribution in [3.63, 3.8) is 0 Å². The van der Waals surface area contributed by atoms with Crippen LogP contribution in [0.25, 0.3) is 0 Å². The lowest BCUT2D eigenvalue weighted by atomic mass is 10.0. The molecule has 1 N–H and O–H groups in total. The van der Waals surface area contributed by atoms with Gasteiger partial charge in [0.2, 0.25) is 0 Å². The third kappa shape index (κ3) is 3.81. The van der Waals surface area contributed by atoms with Crippen LogP contribution in [0.4, 0.5) is 0 Å². The molecule has 9 heteroatoms. The number of hydrogen-bond acceptors (Lipinski definition) is 7. The summed E-state index contributed by atoms with van der Waals surface area (Å²) >= 11 is 1.60. The SMILES string of the molecule is Cc1noc(C)c1CN1CCc2c(C(=O)N[C@@H]3CCS(=O)(=O)C3)csc2C1. The summed E-state index contributed by atoms with van der Waals surface area (Å²) in [6.45, 7) is 6.35. The molecule has 1 saturated heterocycles. The summed E-state index contributed by atoms with van der Waals surface area (Å²) in [7, 11) is -3.00. The normalized spacial score (nSPS) is 21.9. The quantitative estimate of drug-likeness (QED) is 0.828. The second kappa shape index (κ2) is 7.03. The van der Waals surface area contributed by atoms with E-state index in [9.17, 15) is 13.2 Å². The zero-order valence-corrected chi connectivity index (χ0v) is 17.1. The van der Waals surface area contributed by atoms with E-state index < -0.39 is 9.84 Å². The first-order chi connectivity index (χ1) is 12.8. The zero-order valence-electron chi connectivity index (χ0n) is 15.4. The molecule has 0 spiro atoms. The van der Waals surface area contributed by atoms with Gasteiger partial charge >= 0.3 is 0 Å². The van der Waals surface area contributed by atoms with Gasteiger partial charge in [0.1, 0.15) is 5.76 Å². The van der Waals surface area contributed by atoms with E-state index in [1.807, 2.05) is 19.2 Å². The van der Waals surface area contributed by atoms with Gasteiger partial charge in [-0.25, -0.2) is 8.42 Å². The first kappa shape index (κ1) is 18.6. The maximum atomic E-state index is 12.6. The smallest absolute Gasteiger partial charge is 0.252 e. The molecule has 4 rings (SSSR count). The minimum absolute atomic E-state index is 0.0519. The number of hydrogen-bond donors (Lipinski definition) is 1. The number of thiophene rings is 1. The van der Waals surface area contributed by atoms with Crippen LogP contribution >= 0.6 is 11.3 Å². The lowest BCUT2D eigenvalue weighted by Gasteiger charge is -2.27. The Labute approximate surface area is 162 Å². The third-order valence-corrected chi connectivity index (χ3v) is 8.18. The summed E-state index contributed by atoms with van der Waals surface area (Å²) in [6, 6.07) is -0.266. The van der Waals surface area contributed by atoms with Crippen LogP contribution in [0.3, 0.4) is 0 Å². The van der Waals surface area contributed by atoms with Crippen molar-refractivity contribution in [3.8, 4) is 0 Å². The number of nitrogens with one attached hydrogen (secondary N) is 1. The van der Waals surface area contributed by atoms with E-state index in [1.165, 1.54) is 4.88 Å². The Hall–Kier alpha value is -1.71. The molecule has 7 nitrogen and oxygen atoms in total. The first-order valence-electron chi connectivity index (χ1n) is 9.07. The van der Waals surface area contributed by atoms with Gasteiger partial charge in [-0.05, 0) is 32.3 Å². The van der Waals surface area contributed by atoms with Crippen molar-refractivity contribution >= 4 is 27.1 Å². The monoisotopic (exact) mass is 409 g/mol. The Bertz CT molecular complexity index is 957. The molecule has 1 atom stereocenters. The molecule has 0 saturated carbocycles. The number of amides is 1. The molecule has 2 aromatic rings. The summed E-state index contributed by atoms with van der Waals surface area (Å²) in [6.07, 6.45) is 1.32. The van der Waals surface area contributed by atoms with Gasteiger partial charge in [0.15, 0.2) is 9.84 Å². The van der Waals surface area contributed by atoms with Gasteiger partial charge in [0.05, 0.1) is 22.8 Å².